The van der Waals surface area contributed by atoms with Gasteiger partial charge in [-0.1, -0.05) is 34.6 Å². The van der Waals surface area contributed by atoms with Gasteiger partial charge >= 0.3 is 5.97 Å². The Morgan fingerprint density at radius 2 is 1.88 bits per heavy atom. The maximum absolute atomic E-state index is 12.2. The van der Waals surface area contributed by atoms with Crippen molar-refractivity contribution in [2.24, 2.45) is 16.7 Å². The number of carbonyl (C=O) groups is 1. The molecule has 1 aliphatic rings. The molecule has 1 saturated heterocycles. The van der Waals surface area contributed by atoms with Crippen LogP contribution in [0.25, 0.3) is 0 Å². The first-order valence-corrected chi connectivity index (χ1v) is 6.44. The van der Waals surface area contributed by atoms with E-state index in [4.69, 9.17) is 9.47 Å². The Kier molecular flexibility index (Phi) is 4.23. The highest BCUT2D eigenvalue weighted by molar-refractivity contribution is 5.76. The summed E-state index contributed by atoms with van der Waals surface area (Å²) in [5.74, 6) is 0.187. The molecule has 1 aliphatic heterocycles. The maximum Gasteiger partial charge on any atom is 0.312 e. The van der Waals surface area contributed by atoms with E-state index in [2.05, 4.69) is 34.6 Å². The van der Waals surface area contributed by atoms with Gasteiger partial charge in [0.15, 0.2) is 0 Å². The molecule has 0 aromatic carbocycles. The molecule has 2 atom stereocenters. The van der Waals surface area contributed by atoms with Crippen LogP contribution in [0, 0.1) is 16.7 Å². The minimum absolute atomic E-state index is 0.0853. The van der Waals surface area contributed by atoms with Gasteiger partial charge in [-0.25, -0.2) is 0 Å². The first-order valence-electron chi connectivity index (χ1n) is 6.44. The third-order valence-corrected chi connectivity index (χ3v) is 3.44. The molecule has 2 unspecified atom stereocenters. The van der Waals surface area contributed by atoms with Gasteiger partial charge in [0.05, 0.1) is 12.0 Å². The standard InChI is InChI=1S/C14H26O3/c1-10(2)14(6,9-13(3,4)5)12(15)17-8-11-7-16-11/h10-11H,7-9H2,1-6H3. The van der Waals surface area contributed by atoms with Crippen LogP contribution in [0.4, 0.5) is 0 Å². The van der Waals surface area contributed by atoms with E-state index in [1.165, 1.54) is 0 Å². The van der Waals surface area contributed by atoms with E-state index in [1.807, 2.05) is 6.92 Å². The van der Waals surface area contributed by atoms with Crippen LogP contribution >= 0.6 is 0 Å². The summed E-state index contributed by atoms with van der Waals surface area (Å²) < 4.78 is 10.4. The van der Waals surface area contributed by atoms with Crippen molar-refractivity contribution in [3.05, 3.63) is 0 Å². The zero-order valence-electron chi connectivity index (χ0n) is 12.0. The van der Waals surface area contributed by atoms with Crippen LogP contribution in [0.3, 0.4) is 0 Å². The molecule has 0 spiro atoms. The molecular formula is C14H26O3. The van der Waals surface area contributed by atoms with E-state index in [0.29, 0.717) is 6.61 Å². The lowest BCUT2D eigenvalue weighted by atomic mass is 9.69. The highest BCUT2D eigenvalue weighted by Gasteiger charge is 2.42. The topological polar surface area (TPSA) is 38.8 Å². The fourth-order valence-corrected chi connectivity index (χ4v) is 2.11. The molecule has 3 nitrogen and oxygen atoms in total. The monoisotopic (exact) mass is 242 g/mol. The molecule has 100 valence electrons. The number of ether oxygens (including phenoxy) is 2. The molecule has 0 aromatic rings. The van der Waals surface area contributed by atoms with E-state index in [-0.39, 0.29) is 23.4 Å². The van der Waals surface area contributed by atoms with Gasteiger partial charge in [0, 0.05) is 0 Å². The Morgan fingerprint density at radius 3 is 2.24 bits per heavy atom. The molecule has 0 amide bonds. The zero-order valence-corrected chi connectivity index (χ0v) is 12.0. The van der Waals surface area contributed by atoms with Crippen LogP contribution < -0.4 is 0 Å². The first-order chi connectivity index (χ1) is 7.65. The fraction of sp³-hybridized carbons (Fsp3) is 0.929. The van der Waals surface area contributed by atoms with Crippen molar-refractivity contribution >= 4 is 5.97 Å². The average Bonchev–Trinajstić information content (AvgIpc) is 2.94. The van der Waals surface area contributed by atoms with Gasteiger partial charge in [-0.05, 0) is 24.7 Å². The van der Waals surface area contributed by atoms with E-state index in [1.54, 1.807) is 0 Å². The summed E-state index contributed by atoms with van der Waals surface area (Å²) in [5.41, 5.74) is -0.290. The average molecular weight is 242 g/mol. The molecule has 1 fully saturated rings. The molecule has 0 radical (unpaired) electrons. The van der Waals surface area contributed by atoms with Crippen molar-refractivity contribution in [1.29, 1.82) is 0 Å². The van der Waals surface area contributed by atoms with Crippen molar-refractivity contribution in [2.75, 3.05) is 13.2 Å². The van der Waals surface area contributed by atoms with E-state index in [9.17, 15) is 4.79 Å². The van der Waals surface area contributed by atoms with Crippen LogP contribution in [-0.2, 0) is 14.3 Å². The molecule has 0 aromatic heterocycles. The predicted octanol–water partition coefficient (Wildman–Crippen LogP) is 3.03. The second-order valence-electron chi connectivity index (χ2n) is 6.86. The second-order valence-corrected chi connectivity index (χ2v) is 6.86. The first kappa shape index (κ1) is 14.5. The molecule has 1 heterocycles. The van der Waals surface area contributed by atoms with Crippen LogP contribution in [0.5, 0.6) is 0 Å². The van der Waals surface area contributed by atoms with Crippen LogP contribution in [0.2, 0.25) is 0 Å². The van der Waals surface area contributed by atoms with Crippen molar-refractivity contribution < 1.29 is 14.3 Å². The summed E-state index contributed by atoms with van der Waals surface area (Å²) in [7, 11) is 0. The van der Waals surface area contributed by atoms with Gasteiger partial charge in [0.25, 0.3) is 0 Å². The van der Waals surface area contributed by atoms with Gasteiger partial charge in [0.1, 0.15) is 12.7 Å². The van der Waals surface area contributed by atoms with Crippen molar-refractivity contribution in [1.82, 2.24) is 0 Å². The van der Waals surface area contributed by atoms with E-state index < -0.39 is 5.41 Å². The normalized spacial score (nSPS) is 23.4. The Bertz CT molecular complexity index is 274. The Morgan fingerprint density at radius 1 is 1.35 bits per heavy atom. The molecule has 0 saturated carbocycles. The molecular weight excluding hydrogens is 216 g/mol. The maximum atomic E-state index is 12.2. The summed E-state index contributed by atoms with van der Waals surface area (Å²) in [6, 6.07) is 0. The summed E-state index contributed by atoms with van der Waals surface area (Å²) in [4.78, 5) is 12.2. The lowest BCUT2D eigenvalue weighted by molar-refractivity contribution is -0.160. The molecule has 3 heteroatoms. The zero-order chi connectivity index (χ0) is 13.3. The number of rotatable bonds is 5. The SMILES string of the molecule is CC(C)C(C)(CC(C)(C)C)C(=O)OCC1CO1. The van der Waals surface area contributed by atoms with Gasteiger partial charge in [-0.2, -0.15) is 0 Å². The summed E-state index contributed by atoms with van der Waals surface area (Å²) in [5, 5.41) is 0. The number of hydrogen-bond acceptors (Lipinski definition) is 3. The van der Waals surface area contributed by atoms with Gasteiger partial charge in [0.2, 0.25) is 0 Å². The van der Waals surface area contributed by atoms with E-state index in [0.717, 1.165) is 13.0 Å². The molecule has 1 rings (SSSR count). The fourth-order valence-electron chi connectivity index (χ4n) is 2.11. The lowest BCUT2D eigenvalue weighted by Gasteiger charge is -2.36. The molecule has 0 N–H and O–H groups in total. The Balaban J connectivity index is 2.64. The van der Waals surface area contributed by atoms with Crippen molar-refractivity contribution in [3.8, 4) is 0 Å². The number of esters is 1. The summed E-state index contributed by atoms with van der Waals surface area (Å²) in [6.45, 7) is 13.8. The predicted molar refractivity (Wildman–Crippen MR) is 67.7 cm³/mol. The quantitative estimate of drug-likeness (QED) is 0.549. The highest BCUT2D eigenvalue weighted by atomic mass is 16.6. The van der Waals surface area contributed by atoms with Crippen LogP contribution in [-0.4, -0.2) is 25.3 Å². The Hall–Kier alpha value is -0.570. The summed E-state index contributed by atoms with van der Waals surface area (Å²) >= 11 is 0. The number of epoxide rings is 1. The van der Waals surface area contributed by atoms with Crippen LogP contribution in [0.1, 0.15) is 48.0 Å². The molecule has 0 aliphatic carbocycles. The lowest BCUT2D eigenvalue weighted by Crippen LogP contribution is -2.39. The Labute approximate surface area is 105 Å². The largest absolute Gasteiger partial charge is 0.462 e. The molecule has 0 bridgehead atoms. The second kappa shape index (κ2) is 4.97. The number of carbonyl (C=O) groups excluding carboxylic acids is 1. The third kappa shape index (κ3) is 4.30. The van der Waals surface area contributed by atoms with Crippen LogP contribution in [0.15, 0.2) is 0 Å². The number of hydrogen-bond donors (Lipinski definition) is 0. The smallest absolute Gasteiger partial charge is 0.312 e. The van der Waals surface area contributed by atoms with Crippen molar-refractivity contribution in [2.45, 2.75) is 54.1 Å². The summed E-state index contributed by atoms with van der Waals surface area (Å²) in [6.07, 6.45) is 0.979. The van der Waals surface area contributed by atoms with Gasteiger partial charge in [-0.15, -0.1) is 0 Å². The minimum Gasteiger partial charge on any atom is -0.462 e. The van der Waals surface area contributed by atoms with E-state index >= 15 is 0 Å². The van der Waals surface area contributed by atoms with Gasteiger partial charge in [-0.3, -0.25) is 4.79 Å². The molecule has 17 heavy (non-hydrogen) atoms. The third-order valence-electron chi connectivity index (χ3n) is 3.44. The van der Waals surface area contributed by atoms with Crippen molar-refractivity contribution in [3.63, 3.8) is 0 Å². The minimum atomic E-state index is -0.410. The van der Waals surface area contributed by atoms with Gasteiger partial charge < -0.3 is 9.47 Å². The highest BCUT2D eigenvalue weighted by Crippen LogP contribution is 2.40.